The lowest BCUT2D eigenvalue weighted by molar-refractivity contribution is 0.461. The van der Waals surface area contributed by atoms with Crippen molar-refractivity contribution in [2.24, 2.45) is 0 Å². The molecule has 0 unspecified atom stereocenters. The zero-order chi connectivity index (χ0) is 21.8. The Hall–Kier alpha value is -2.99. The Morgan fingerprint density at radius 2 is 1.81 bits per heavy atom. The molecule has 1 aliphatic rings. The van der Waals surface area contributed by atoms with Gasteiger partial charge in [0.15, 0.2) is 5.65 Å². The Bertz CT molecular complexity index is 1220. The quantitative estimate of drug-likeness (QED) is 0.455. The van der Waals surface area contributed by atoms with Gasteiger partial charge in [0.1, 0.15) is 6.33 Å². The summed E-state index contributed by atoms with van der Waals surface area (Å²) in [6.45, 7) is 10.9. The fourth-order valence-corrected chi connectivity index (χ4v) is 4.72. The van der Waals surface area contributed by atoms with Crippen molar-refractivity contribution in [1.82, 2.24) is 30.1 Å². The van der Waals surface area contributed by atoms with Crippen LogP contribution in [0.4, 0.5) is 0 Å². The Balaban J connectivity index is 1.54. The maximum absolute atomic E-state index is 4.75. The maximum atomic E-state index is 4.75. The van der Waals surface area contributed by atoms with E-state index in [1.807, 2.05) is 10.7 Å². The minimum atomic E-state index is 0.162. The topological polar surface area (TPSA) is 70.9 Å². The van der Waals surface area contributed by atoms with E-state index in [1.165, 1.54) is 24.0 Å². The fourth-order valence-electron chi connectivity index (χ4n) is 4.72. The van der Waals surface area contributed by atoms with Gasteiger partial charge >= 0.3 is 0 Å². The van der Waals surface area contributed by atoms with E-state index in [9.17, 15) is 0 Å². The summed E-state index contributed by atoms with van der Waals surface area (Å²) in [4.78, 5) is 4.34. The summed E-state index contributed by atoms with van der Waals surface area (Å²) in [5.41, 5.74) is 9.04. The SMILES string of the molecule is Cc1cc(-c2[nH]nc(-c3ccc(C4(NC(C)C)CC4)cc3)c2C(C)C)cn2ncnc12. The van der Waals surface area contributed by atoms with E-state index in [-0.39, 0.29) is 5.54 Å². The van der Waals surface area contributed by atoms with E-state index in [0.29, 0.717) is 12.0 Å². The molecule has 6 heteroatoms. The van der Waals surface area contributed by atoms with Crippen LogP contribution in [0.15, 0.2) is 42.9 Å². The number of hydrogen-bond donors (Lipinski definition) is 2. The average molecular weight is 415 g/mol. The summed E-state index contributed by atoms with van der Waals surface area (Å²) >= 11 is 0. The molecule has 5 rings (SSSR count). The summed E-state index contributed by atoms with van der Waals surface area (Å²) in [6.07, 6.45) is 6.03. The predicted octanol–water partition coefficient (Wildman–Crippen LogP) is 5.21. The Morgan fingerprint density at radius 1 is 1.06 bits per heavy atom. The number of nitrogens with zero attached hydrogens (tertiary/aromatic N) is 4. The number of aromatic nitrogens is 5. The van der Waals surface area contributed by atoms with E-state index in [4.69, 9.17) is 5.10 Å². The molecule has 3 aromatic heterocycles. The first-order valence-electron chi connectivity index (χ1n) is 11.2. The van der Waals surface area contributed by atoms with Gasteiger partial charge in [0.05, 0.1) is 11.4 Å². The smallest absolute Gasteiger partial charge is 0.158 e. The molecule has 0 aliphatic heterocycles. The molecule has 0 spiro atoms. The average Bonchev–Trinajstić information content (AvgIpc) is 3.16. The lowest BCUT2D eigenvalue weighted by Crippen LogP contribution is -2.34. The molecule has 0 amide bonds. The molecular formula is C25H30N6. The number of aromatic amines is 1. The molecular weight excluding hydrogens is 384 g/mol. The molecule has 1 fully saturated rings. The van der Waals surface area contributed by atoms with E-state index in [2.05, 4.69) is 85.4 Å². The summed E-state index contributed by atoms with van der Waals surface area (Å²) in [5, 5.41) is 16.1. The second-order valence-electron chi connectivity index (χ2n) is 9.41. The van der Waals surface area contributed by atoms with Gasteiger partial charge in [-0.3, -0.25) is 5.10 Å². The highest BCUT2D eigenvalue weighted by Gasteiger charge is 2.44. The summed E-state index contributed by atoms with van der Waals surface area (Å²) in [7, 11) is 0. The van der Waals surface area contributed by atoms with Crippen molar-refractivity contribution in [2.75, 3.05) is 0 Å². The minimum Gasteiger partial charge on any atom is -0.305 e. The molecule has 160 valence electrons. The monoisotopic (exact) mass is 414 g/mol. The van der Waals surface area contributed by atoms with Gasteiger partial charge in [0, 0.05) is 34.5 Å². The van der Waals surface area contributed by atoms with Gasteiger partial charge in [0.2, 0.25) is 0 Å². The lowest BCUT2D eigenvalue weighted by Gasteiger charge is -2.21. The minimum absolute atomic E-state index is 0.162. The number of nitrogens with one attached hydrogen (secondary N) is 2. The van der Waals surface area contributed by atoms with Crippen LogP contribution in [0.1, 0.15) is 63.1 Å². The first kappa shape index (κ1) is 19.9. The molecule has 0 atom stereocenters. The van der Waals surface area contributed by atoms with Crippen molar-refractivity contribution in [3.8, 4) is 22.5 Å². The van der Waals surface area contributed by atoms with Crippen LogP contribution >= 0.6 is 0 Å². The highest BCUT2D eigenvalue weighted by Crippen LogP contribution is 2.46. The first-order valence-corrected chi connectivity index (χ1v) is 11.2. The van der Waals surface area contributed by atoms with E-state index in [0.717, 1.165) is 33.7 Å². The molecule has 0 bridgehead atoms. The van der Waals surface area contributed by atoms with Crippen molar-refractivity contribution in [3.63, 3.8) is 0 Å². The molecule has 1 aliphatic carbocycles. The molecule has 6 nitrogen and oxygen atoms in total. The third-order valence-corrected chi connectivity index (χ3v) is 6.26. The normalized spacial score (nSPS) is 15.3. The Kier molecular flexibility index (Phi) is 4.70. The Labute approximate surface area is 183 Å². The largest absolute Gasteiger partial charge is 0.305 e. The summed E-state index contributed by atoms with van der Waals surface area (Å²) in [6, 6.07) is 11.6. The number of benzene rings is 1. The zero-order valence-corrected chi connectivity index (χ0v) is 18.9. The number of hydrogen-bond acceptors (Lipinski definition) is 4. The zero-order valence-electron chi connectivity index (χ0n) is 18.9. The van der Waals surface area contributed by atoms with Crippen LogP contribution < -0.4 is 5.32 Å². The lowest BCUT2D eigenvalue weighted by atomic mass is 9.93. The van der Waals surface area contributed by atoms with Crippen LogP contribution in [0.5, 0.6) is 0 Å². The van der Waals surface area contributed by atoms with E-state index < -0.39 is 0 Å². The van der Waals surface area contributed by atoms with Gasteiger partial charge in [-0.25, -0.2) is 9.50 Å². The maximum Gasteiger partial charge on any atom is 0.158 e. The third kappa shape index (κ3) is 3.45. The first-order chi connectivity index (χ1) is 14.9. The highest BCUT2D eigenvalue weighted by molar-refractivity contribution is 5.76. The van der Waals surface area contributed by atoms with Crippen LogP contribution in [-0.2, 0) is 5.54 Å². The standard InChI is InChI=1S/C25H30N6/c1-15(2)21-22(18-6-8-20(9-7-18)25(10-11-25)28-16(3)4)29-30-23(21)19-12-17(5)24-26-14-27-31(24)13-19/h6-9,12-16,28H,10-11H2,1-5H3,(H,29,30). The second-order valence-corrected chi connectivity index (χ2v) is 9.41. The number of rotatable bonds is 6. The number of H-pyrrole nitrogens is 1. The van der Waals surface area contributed by atoms with Crippen LogP contribution in [0.2, 0.25) is 0 Å². The molecule has 3 heterocycles. The van der Waals surface area contributed by atoms with Crippen molar-refractivity contribution in [3.05, 3.63) is 59.5 Å². The van der Waals surface area contributed by atoms with Crippen LogP contribution in [-0.4, -0.2) is 30.8 Å². The molecule has 31 heavy (non-hydrogen) atoms. The van der Waals surface area contributed by atoms with Gasteiger partial charge in [-0.2, -0.15) is 10.2 Å². The molecule has 1 aromatic carbocycles. The van der Waals surface area contributed by atoms with Crippen molar-refractivity contribution < 1.29 is 0 Å². The highest BCUT2D eigenvalue weighted by atomic mass is 15.3. The van der Waals surface area contributed by atoms with E-state index in [1.54, 1.807) is 6.33 Å². The fraction of sp³-hybridized carbons (Fsp3) is 0.400. The number of fused-ring (bicyclic) bond motifs is 1. The summed E-state index contributed by atoms with van der Waals surface area (Å²) < 4.78 is 1.83. The molecule has 4 aromatic rings. The van der Waals surface area contributed by atoms with Gasteiger partial charge in [-0.05, 0) is 42.9 Å². The molecule has 2 N–H and O–H groups in total. The number of pyridine rings is 1. The van der Waals surface area contributed by atoms with Gasteiger partial charge in [-0.15, -0.1) is 0 Å². The number of aryl methyl sites for hydroxylation is 1. The van der Waals surface area contributed by atoms with Crippen LogP contribution in [0.3, 0.4) is 0 Å². The molecule has 0 saturated heterocycles. The van der Waals surface area contributed by atoms with Crippen molar-refractivity contribution >= 4 is 5.65 Å². The van der Waals surface area contributed by atoms with Crippen molar-refractivity contribution in [1.29, 1.82) is 0 Å². The third-order valence-electron chi connectivity index (χ3n) is 6.26. The van der Waals surface area contributed by atoms with Gasteiger partial charge < -0.3 is 5.32 Å². The van der Waals surface area contributed by atoms with E-state index >= 15 is 0 Å². The molecule has 1 saturated carbocycles. The van der Waals surface area contributed by atoms with Gasteiger partial charge in [-0.1, -0.05) is 52.0 Å². The summed E-state index contributed by atoms with van der Waals surface area (Å²) in [5.74, 6) is 0.326. The van der Waals surface area contributed by atoms with Gasteiger partial charge in [0.25, 0.3) is 0 Å². The molecule has 0 radical (unpaired) electrons. The second kappa shape index (κ2) is 7.31. The predicted molar refractivity (Wildman–Crippen MR) is 124 cm³/mol. The van der Waals surface area contributed by atoms with Crippen LogP contribution in [0.25, 0.3) is 28.2 Å². The van der Waals surface area contributed by atoms with Crippen LogP contribution in [0, 0.1) is 6.92 Å². The Morgan fingerprint density at radius 3 is 2.45 bits per heavy atom. The van der Waals surface area contributed by atoms with Crippen molar-refractivity contribution in [2.45, 2.75) is 65.0 Å².